The van der Waals surface area contributed by atoms with Crippen molar-refractivity contribution in [2.75, 3.05) is 79.3 Å². The van der Waals surface area contributed by atoms with Crippen molar-refractivity contribution in [2.45, 2.75) is 103 Å². The molecule has 0 spiro atoms. The summed E-state index contributed by atoms with van der Waals surface area (Å²) >= 11 is 0. The van der Waals surface area contributed by atoms with Crippen LogP contribution in [-0.4, -0.2) is 142 Å². The molecule has 6 aliphatic heterocycles. The molecule has 74 heavy (non-hydrogen) atoms. The maximum absolute atomic E-state index is 14.3. The molecular weight excluding hydrogens is 935 g/mol. The Labute approximate surface area is 432 Å². The van der Waals surface area contributed by atoms with Gasteiger partial charge in [-0.2, -0.15) is 0 Å². The monoisotopic (exact) mass is 1000 g/mol. The van der Waals surface area contributed by atoms with Gasteiger partial charge in [0.25, 0.3) is 0 Å². The number of aryl methyl sites for hydroxylation is 1. The highest BCUT2D eigenvalue weighted by atomic mass is 16.5. The molecule has 11 rings (SSSR count). The van der Waals surface area contributed by atoms with E-state index in [-0.39, 0.29) is 35.9 Å². The molecule has 18 heteroatoms. The number of hydrogen-bond acceptors (Lipinski definition) is 14. The fourth-order valence-electron chi connectivity index (χ4n) is 11.9. The number of fused-ring (bicyclic) bond motifs is 2. The molecule has 5 fully saturated rings. The third-order valence-corrected chi connectivity index (χ3v) is 16.1. The minimum Gasteiger partial charge on any atom is -0.471 e. The minimum atomic E-state index is -0.602. The van der Waals surface area contributed by atoms with Crippen molar-refractivity contribution < 1.29 is 23.6 Å². The number of allylic oxidation sites excluding steroid dienone is 2. The predicted octanol–water partition coefficient (Wildman–Crippen LogP) is 7.09. The first-order chi connectivity index (χ1) is 35.9. The molecule has 4 amide bonds. The van der Waals surface area contributed by atoms with Crippen molar-refractivity contribution in [1.82, 2.24) is 40.4 Å². The summed E-state index contributed by atoms with van der Waals surface area (Å²) in [4.78, 5) is 63.2. The van der Waals surface area contributed by atoms with E-state index in [0.717, 1.165) is 83.8 Å². The van der Waals surface area contributed by atoms with Gasteiger partial charge in [0.2, 0.25) is 17.7 Å². The van der Waals surface area contributed by atoms with Crippen LogP contribution in [-0.2, 0) is 9.59 Å². The molecule has 6 aliphatic rings. The number of benzene rings is 2. The number of aromatic nitrogens is 4. The van der Waals surface area contributed by atoms with E-state index in [1.165, 1.54) is 5.57 Å². The van der Waals surface area contributed by atoms with Crippen LogP contribution in [0.25, 0.3) is 16.8 Å². The van der Waals surface area contributed by atoms with Crippen molar-refractivity contribution in [3.63, 3.8) is 0 Å². The van der Waals surface area contributed by atoms with E-state index in [4.69, 9.17) is 15.0 Å². The molecule has 18 nitrogen and oxygen atoms in total. The Morgan fingerprint density at radius 1 is 0.824 bits per heavy atom. The number of piperazine rings is 2. The lowest BCUT2D eigenvalue weighted by atomic mass is 9.91. The maximum atomic E-state index is 14.3. The molecule has 2 unspecified atom stereocenters. The fourth-order valence-corrected chi connectivity index (χ4v) is 11.9. The first-order valence-corrected chi connectivity index (χ1v) is 26.4. The van der Waals surface area contributed by atoms with Crippen molar-refractivity contribution >= 4 is 52.6 Å². The SMILES string of the molecule is CC1=C(c2ccc([C@H](C)NC(=O)[C@@H]3CCCN3C(=O)[C@@H](c3cc(N4CCN(C(=O)N5CC(Oc6cc(N7C8CCC7CN(c7cc(-c9ccccc9C)nnc7N)C8)ccn6)C5)CC4)no3)C(C)C)cc2)CC=N1. The van der Waals surface area contributed by atoms with Gasteiger partial charge in [0.15, 0.2) is 17.4 Å². The summed E-state index contributed by atoms with van der Waals surface area (Å²) < 4.78 is 12.3. The molecule has 0 radical (unpaired) electrons. The number of ether oxygens (including phenoxy) is 1. The number of nitrogen functional groups attached to an aromatic ring is 1. The smallest absolute Gasteiger partial charge is 0.320 e. The largest absolute Gasteiger partial charge is 0.471 e. The van der Waals surface area contributed by atoms with E-state index >= 15 is 0 Å². The van der Waals surface area contributed by atoms with Crippen molar-refractivity contribution in [3.8, 4) is 17.1 Å². The molecule has 3 N–H and O–H groups in total. The van der Waals surface area contributed by atoms with Gasteiger partial charge in [-0.15, -0.1) is 10.2 Å². The highest BCUT2D eigenvalue weighted by Gasteiger charge is 2.43. The number of urea groups is 1. The van der Waals surface area contributed by atoms with Gasteiger partial charge >= 0.3 is 6.03 Å². The van der Waals surface area contributed by atoms with Crippen LogP contribution in [0, 0.1) is 12.8 Å². The number of nitrogens with one attached hydrogen (secondary N) is 1. The lowest BCUT2D eigenvalue weighted by Crippen LogP contribution is -2.62. The van der Waals surface area contributed by atoms with Gasteiger partial charge in [-0.05, 0) is 86.8 Å². The van der Waals surface area contributed by atoms with Crippen LogP contribution in [0.15, 0.2) is 94.2 Å². The number of nitrogens with zero attached hydrogens (tertiary/aromatic N) is 11. The summed E-state index contributed by atoms with van der Waals surface area (Å²) in [7, 11) is 0. The zero-order valence-electron chi connectivity index (χ0n) is 43.1. The molecule has 3 aromatic heterocycles. The average molecular weight is 1000 g/mol. The van der Waals surface area contributed by atoms with Gasteiger partial charge in [-0.1, -0.05) is 67.5 Å². The van der Waals surface area contributed by atoms with Gasteiger partial charge < -0.3 is 49.7 Å². The normalized spacial score (nSPS) is 21.7. The van der Waals surface area contributed by atoms with Gasteiger partial charge in [0.05, 0.1) is 30.5 Å². The molecule has 0 aliphatic carbocycles. The summed E-state index contributed by atoms with van der Waals surface area (Å²) in [6.45, 7) is 15.4. The molecule has 386 valence electrons. The van der Waals surface area contributed by atoms with E-state index < -0.39 is 12.0 Å². The molecule has 5 saturated heterocycles. The lowest BCUT2D eigenvalue weighted by Gasteiger charge is -2.44. The van der Waals surface area contributed by atoms with E-state index in [2.05, 4.69) is 101 Å². The lowest BCUT2D eigenvalue weighted by molar-refractivity contribution is -0.141. The first-order valence-electron chi connectivity index (χ1n) is 26.4. The predicted molar refractivity (Wildman–Crippen MR) is 285 cm³/mol. The second-order valence-corrected chi connectivity index (χ2v) is 21.2. The van der Waals surface area contributed by atoms with Crippen LogP contribution in [0.2, 0.25) is 0 Å². The van der Waals surface area contributed by atoms with E-state index in [0.29, 0.717) is 87.6 Å². The first kappa shape index (κ1) is 48.8. The Morgan fingerprint density at radius 3 is 2.30 bits per heavy atom. The third-order valence-electron chi connectivity index (χ3n) is 16.1. The number of aliphatic imine (C=N–C) groups is 1. The van der Waals surface area contributed by atoms with Crippen molar-refractivity contribution in [2.24, 2.45) is 10.9 Å². The molecule has 0 saturated carbocycles. The molecular formula is C56H67N13O5. The number of amides is 4. The second-order valence-electron chi connectivity index (χ2n) is 21.2. The topological polar surface area (TPSA) is 195 Å². The number of pyridine rings is 1. The van der Waals surface area contributed by atoms with E-state index in [1.54, 1.807) is 4.90 Å². The Balaban J connectivity index is 0.646. The highest BCUT2D eigenvalue weighted by Crippen LogP contribution is 2.40. The summed E-state index contributed by atoms with van der Waals surface area (Å²) in [6, 6.07) is 24.3. The number of hydrogen-bond donors (Lipinski definition) is 2. The van der Waals surface area contributed by atoms with Crippen molar-refractivity contribution in [1.29, 1.82) is 0 Å². The van der Waals surface area contributed by atoms with Crippen molar-refractivity contribution in [3.05, 3.63) is 107 Å². The maximum Gasteiger partial charge on any atom is 0.320 e. The van der Waals surface area contributed by atoms with Crippen LogP contribution >= 0.6 is 0 Å². The molecule has 5 aromatic rings. The Bertz CT molecular complexity index is 2950. The summed E-state index contributed by atoms with van der Waals surface area (Å²) in [6.07, 6.45) is 7.92. The molecule has 9 heterocycles. The van der Waals surface area contributed by atoms with Gasteiger partial charge in [-0.3, -0.25) is 14.6 Å². The zero-order valence-corrected chi connectivity index (χ0v) is 43.1. The number of nitrogens with two attached hydrogens (primary N) is 1. The van der Waals surface area contributed by atoms with Crippen LogP contribution in [0.4, 0.5) is 27.8 Å². The van der Waals surface area contributed by atoms with Crippen LogP contribution < -0.4 is 30.5 Å². The zero-order chi connectivity index (χ0) is 51.2. The minimum absolute atomic E-state index is 0.0117. The Morgan fingerprint density at radius 2 is 1.58 bits per heavy atom. The van der Waals surface area contributed by atoms with Gasteiger partial charge in [-0.25, -0.2) is 9.78 Å². The molecule has 2 bridgehead atoms. The number of rotatable bonds is 13. The Hall–Kier alpha value is -7.50. The third kappa shape index (κ3) is 9.61. The van der Waals surface area contributed by atoms with Gasteiger partial charge in [0, 0.05) is 106 Å². The van der Waals surface area contributed by atoms with E-state index in [1.807, 2.05) is 74.2 Å². The van der Waals surface area contributed by atoms with Crippen LogP contribution in [0.3, 0.4) is 0 Å². The molecule has 5 atom stereocenters. The number of likely N-dealkylation sites (tertiary alicyclic amines) is 2. The number of carbonyl (C=O) groups excluding carboxylic acids is 3. The highest BCUT2D eigenvalue weighted by molar-refractivity contribution is 5.91. The molecule has 2 aromatic carbocycles. The van der Waals surface area contributed by atoms with Gasteiger partial charge in [0.1, 0.15) is 18.1 Å². The summed E-state index contributed by atoms with van der Waals surface area (Å²) in [5, 5.41) is 16.4. The van der Waals surface area contributed by atoms with Crippen LogP contribution in [0.5, 0.6) is 5.88 Å². The summed E-state index contributed by atoms with van der Waals surface area (Å²) in [5.74, 6) is 1.15. The number of anilines is 4. The number of carbonyl (C=O) groups is 3. The van der Waals surface area contributed by atoms with E-state index in [9.17, 15) is 14.4 Å². The Kier molecular flexibility index (Phi) is 13.5. The van der Waals surface area contributed by atoms with Crippen LogP contribution in [0.1, 0.15) is 94.2 Å². The standard InChI is InChI=1S/C56H67N13O5/c1-34(2)52(55(71)68-22-8-11-47(68)54(70)60-36(4)38-12-14-39(15-13-38)45-19-21-58-37(45)5)49-29-50(63-74-49)64-23-25-65(26-24-64)56(72)67-32-43(33-67)73-51-27-40(18-20-59-51)69-41-16-17-42(69)31-66(30-41)48-28-46(61-62-53(48)57)44-10-7-6-9-35(44)3/h6-7,9-10,12-15,18,20-21,27-29,34,36,41-43,47,52H,8,11,16-17,19,22-26,30-33H2,1-5H3,(H2,57,62)(H,60,70)/t36-,41?,42?,47-,52+/m0/s1. The quantitative estimate of drug-likeness (QED) is 0.122. The second kappa shape index (κ2) is 20.4. The fraction of sp³-hybridized carbons (Fsp3) is 0.464. The summed E-state index contributed by atoms with van der Waals surface area (Å²) in [5.41, 5.74) is 15.9. The average Bonchev–Trinajstić information content (AvgIpc) is 4.23.